The second kappa shape index (κ2) is 11.0. The Balaban J connectivity index is 1.41. The minimum absolute atomic E-state index is 0.0490. The molecule has 3 aromatic rings. The highest BCUT2D eigenvalue weighted by atomic mass is 19.1. The number of amides is 1. The van der Waals surface area contributed by atoms with Gasteiger partial charge in [-0.15, -0.1) is 0 Å². The van der Waals surface area contributed by atoms with Crippen molar-refractivity contribution in [2.24, 2.45) is 0 Å². The predicted molar refractivity (Wildman–Crippen MR) is 143 cm³/mol. The van der Waals surface area contributed by atoms with E-state index in [1.54, 1.807) is 24.5 Å². The fraction of sp³-hybridized carbons (Fsp3) is 0.448. The van der Waals surface area contributed by atoms with Gasteiger partial charge in [0.15, 0.2) is 5.69 Å². The first-order valence-corrected chi connectivity index (χ1v) is 13.3. The van der Waals surface area contributed by atoms with Crippen molar-refractivity contribution >= 4 is 11.6 Å². The quantitative estimate of drug-likeness (QED) is 0.441. The van der Waals surface area contributed by atoms with Crippen molar-refractivity contribution in [1.29, 1.82) is 0 Å². The van der Waals surface area contributed by atoms with Gasteiger partial charge < -0.3 is 25.2 Å². The molecule has 0 spiro atoms. The van der Waals surface area contributed by atoms with E-state index in [-0.39, 0.29) is 23.8 Å². The average molecular weight is 506 g/mol. The van der Waals surface area contributed by atoms with E-state index in [1.807, 2.05) is 46.7 Å². The highest BCUT2D eigenvalue weighted by Gasteiger charge is 2.39. The number of rotatable bonds is 7. The number of carbonyl (C=O) groups is 1. The lowest BCUT2D eigenvalue weighted by Gasteiger charge is -2.39. The van der Waals surface area contributed by atoms with Crippen LogP contribution in [0.4, 0.5) is 10.1 Å². The average Bonchev–Trinajstić information content (AvgIpc) is 3.34. The molecule has 0 bridgehead atoms. The molecule has 2 aromatic carbocycles. The van der Waals surface area contributed by atoms with E-state index in [0.717, 1.165) is 36.9 Å². The third-order valence-electron chi connectivity index (χ3n) is 7.79. The van der Waals surface area contributed by atoms with Crippen LogP contribution >= 0.6 is 0 Å². The van der Waals surface area contributed by atoms with Crippen molar-refractivity contribution in [3.8, 4) is 11.3 Å². The van der Waals surface area contributed by atoms with Crippen LogP contribution in [-0.4, -0.2) is 63.3 Å². The number of halogens is 1. The number of hydrogen-bond donors (Lipinski definition) is 3. The zero-order valence-corrected chi connectivity index (χ0v) is 21.4. The first-order chi connectivity index (χ1) is 18.0. The van der Waals surface area contributed by atoms with Gasteiger partial charge in [-0.3, -0.25) is 4.79 Å². The summed E-state index contributed by atoms with van der Waals surface area (Å²) in [5, 5.41) is 17.8. The number of piperazine rings is 1. The molecule has 0 unspecified atom stereocenters. The van der Waals surface area contributed by atoms with Gasteiger partial charge in [-0.2, -0.15) is 0 Å². The van der Waals surface area contributed by atoms with Crippen molar-refractivity contribution < 1.29 is 14.3 Å². The lowest BCUT2D eigenvalue weighted by molar-refractivity contribution is -0.0243. The molecule has 1 saturated carbocycles. The fourth-order valence-electron chi connectivity index (χ4n) is 5.77. The summed E-state index contributed by atoms with van der Waals surface area (Å²) < 4.78 is 16.1. The molecule has 5 rings (SSSR count). The van der Waals surface area contributed by atoms with Gasteiger partial charge in [0, 0.05) is 37.8 Å². The number of nitrogens with zero attached hydrogens (tertiary/aromatic N) is 3. The number of carbonyl (C=O) groups excluding carboxylic acids is 1. The number of benzene rings is 2. The van der Waals surface area contributed by atoms with Crippen molar-refractivity contribution in [1.82, 2.24) is 19.8 Å². The van der Waals surface area contributed by atoms with Crippen LogP contribution in [0.5, 0.6) is 0 Å². The number of nitrogens with one attached hydrogen (secondary N) is 2. The Morgan fingerprint density at radius 3 is 2.76 bits per heavy atom. The highest BCUT2D eigenvalue weighted by molar-refractivity contribution is 5.98. The zero-order chi connectivity index (χ0) is 25.8. The van der Waals surface area contributed by atoms with Crippen LogP contribution in [0.3, 0.4) is 0 Å². The summed E-state index contributed by atoms with van der Waals surface area (Å²) >= 11 is 0. The Morgan fingerprint density at radius 2 is 1.97 bits per heavy atom. The number of imidazole rings is 1. The lowest BCUT2D eigenvalue weighted by Crippen LogP contribution is -2.54. The molecule has 196 valence electrons. The molecule has 1 aliphatic carbocycles. The summed E-state index contributed by atoms with van der Waals surface area (Å²) in [6.45, 7) is 4.39. The van der Waals surface area contributed by atoms with Crippen LogP contribution in [0, 0.1) is 5.82 Å². The van der Waals surface area contributed by atoms with E-state index >= 15 is 0 Å². The van der Waals surface area contributed by atoms with Gasteiger partial charge in [-0.05, 0) is 38.3 Å². The monoisotopic (exact) mass is 505 g/mol. The molecular formula is C29H36FN5O2. The minimum atomic E-state index is -0.862. The predicted octanol–water partition coefficient (Wildman–Crippen LogP) is 4.47. The SMILES string of the molecule is C[C@]1(O)CCCC[C@H]1n1cnc(C(=O)N2CCNC[C@H]2CCNc2ccccc2F)c1-c1ccccc1. The van der Waals surface area contributed by atoms with E-state index in [0.29, 0.717) is 44.0 Å². The van der Waals surface area contributed by atoms with Gasteiger partial charge >= 0.3 is 0 Å². The maximum absolute atomic E-state index is 14.0. The van der Waals surface area contributed by atoms with Crippen molar-refractivity contribution in [3.63, 3.8) is 0 Å². The van der Waals surface area contributed by atoms with Crippen LogP contribution in [0.15, 0.2) is 60.9 Å². The molecule has 1 aromatic heterocycles. The summed E-state index contributed by atoms with van der Waals surface area (Å²) in [6, 6.07) is 16.3. The summed E-state index contributed by atoms with van der Waals surface area (Å²) in [6.07, 6.45) is 6.00. The van der Waals surface area contributed by atoms with Crippen LogP contribution < -0.4 is 10.6 Å². The summed E-state index contributed by atoms with van der Waals surface area (Å²) in [5.41, 5.74) is 1.70. The maximum Gasteiger partial charge on any atom is 0.275 e. The first-order valence-electron chi connectivity index (χ1n) is 13.3. The number of aromatic nitrogens is 2. The topological polar surface area (TPSA) is 82.4 Å². The highest BCUT2D eigenvalue weighted by Crippen LogP contribution is 2.40. The summed E-state index contributed by atoms with van der Waals surface area (Å²) in [5.74, 6) is -0.390. The third kappa shape index (κ3) is 5.40. The molecule has 37 heavy (non-hydrogen) atoms. The first kappa shape index (κ1) is 25.4. The number of hydrogen-bond acceptors (Lipinski definition) is 5. The van der Waals surface area contributed by atoms with Crippen LogP contribution in [0.2, 0.25) is 0 Å². The van der Waals surface area contributed by atoms with E-state index in [9.17, 15) is 14.3 Å². The largest absolute Gasteiger partial charge is 0.388 e. The van der Waals surface area contributed by atoms with E-state index in [1.165, 1.54) is 6.07 Å². The van der Waals surface area contributed by atoms with Crippen molar-refractivity contribution in [2.75, 3.05) is 31.5 Å². The number of aliphatic hydroxyl groups is 1. The van der Waals surface area contributed by atoms with Crippen molar-refractivity contribution in [3.05, 3.63) is 72.4 Å². The van der Waals surface area contributed by atoms with E-state index in [2.05, 4.69) is 15.6 Å². The zero-order valence-electron chi connectivity index (χ0n) is 21.4. The maximum atomic E-state index is 14.0. The van der Waals surface area contributed by atoms with Gasteiger partial charge in [0.1, 0.15) is 5.82 Å². The Morgan fingerprint density at radius 1 is 1.19 bits per heavy atom. The Hall–Kier alpha value is -3.23. The molecule has 3 atom stereocenters. The standard InChI is InChI=1S/C29H36FN5O2/c1-29(37)15-8-7-13-25(29)35-20-33-26(27(35)21-9-3-2-4-10-21)28(36)34-18-17-31-19-22(34)14-16-32-24-12-6-5-11-23(24)30/h2-6,9-12,20,22,25,31-32,37H,7-8,13-19H2,1H3/t22-,25-,29+/m1/s1. The summed E-state index contributed by atoms with van der Waals surface area (Å²) in [4.78, 5) is 20.6. The van der Waals surface area contributed by atoms with E-state index < -0.39 is 5.60 Å². The van der Waals surface area contributed by atoms with Crippen LogP contribution in [0.1, 0.15) is 55.6 Å². The number of anilines is 1. The van der Waals surface area contributed by atoms with Gasteiger partial charge in [0.25, 0.3) is 5.91 Å². The molecule has 1 aliphatic heterocycles. The van der Waals surface area contributed by atoms with E-state index in [4.69, 9.17) is 0 Å². The molecule has 2 fully saturated rings. The second-order valence-electron chi connectivity index (χ2n) is 10.4. The molecule has 0 radical (unpaired) electrons. The lowest BCUT2D eigenvalue weighted by atomic mass is 9.81. The van der Waals surface area contributed by atoms with Gasteiger partial charge in [0.05, 0.1) is 29.4 Å². The molecule has 8 heteroatoms. The van der Waals surface area contributed by atoms with Crippen LogP contribution in [-0.2, 0) is 0 Å². The molecule has 2 heterocycles. The van der Waals surface area contributed by atoms with Crippen LogP contribution in [0.25, 0.3) is 11.3 Å². The third-order valence-corrected chi connectivity index (χ3v) is 7.79. The molecule has 3 N–H and O–H groups in total. The van der Waals surface area contributed by atoms with Gasteiger partial charge in [-0.1, -0.05) is 55.3 Å². The van der Waals surface area contributed by atoms with Gasteiger partial charge in [-0.25, -0.2) is 9.37 Å². The van der Waals surface area contributed by atoms with Crippen molar-refractivity contribution in [2.45, 2.75) is 56.7 Å². The minimum Gasteiger partial charge on any atom is -0.388 e. The Labute approximate surface area is 217 Å². The molecular weight excluding hydrogens is 469 g/mol. The molecule has 1 amide bonds. The fourth-order valence-corrected chi connectivity index (χ4v) is 5.77. The molecule has 2 aliphatic rings. The number of para-hydroxylation sites is 1. The second-order valence-corrected chi connectivity index (χ2v) is 10.4. The molecule has 1 saturated heterocycles. The normalized spacial score (nSPS) is 24.1. The molecule has 7 nitrogen and oxygen atoms in total. The Bertz CT molecular complexity index is 1210. The summed E-state index contributed by atoms with van der Waals surface area (Å²) in [7, 11) is 0. The Kier molecular flexibility index (Phi) is 7.58. The smallest absolute Gasteiger partial charge is 0.275 e. The van der Waals surface area contributed by atoms with Gasteiger partial charge in [0.2, 0.25) is 0 Å².